The molecule has 1 amide bonds. The minimum Gasteiger partial charge on any atom is -0.390 e. The maximum atomic E-state index is 12.6. The van der Waals surface area contributed by atoms with Gasteiger partial charge in [-0.25, -0.2) is 0 Å². The average molecular weight is 541 g/mol. The normalized spacial score (nSPS) is 13.2. The summed E-state index contributed by atoms with van der Waals surface area (Å²) in [4.78, 5) is 12.4. The minimum atomic E-state index is -4.37. The van der Waals surface area contributed by atoms with E-state index in [4.69, 9.17) is 0 Å². The number of aryl methyl sites for hydroxylation is 1. The largest absolute Gasteiger partial charge is 0.390 e. The summed E-state index contributed by atoms with van der Waals surface area (Å²) in [6.07, 6.45) is 1.14. The molecule has 0 bridgehead atoms. The number of nitrogens with zero attached hydrogens (tertiary/aromatic N) is 1. The number of aliphatic hydroxyl groups is 1. The number of benzene rings is 4. The fourth-order valence-electron chi connectivity index (χ4n) is 4.86. The van der Waals surface area contributed by atoms with Gasteiger partial charge in [0.05, 0.1) is 17.0 Å². The third kappa shape index (κ3) is 5.78. The Morgan fingerprint density at radius 2 is 1.59 bits per heavy atom. The molecule has 0 saturated carbocycles. The smallest absolute Gasteiger partial charge is 0.294 e. The van der Waals surface area contributed by atoms with Crippen molar-refractivity contribution in [3.63, 3.8) is 0 Å². The Labute approximate surface area is 227 Å². The number of aromatic nitrogens is 1. The van der Waals surface area contributed by atoms with Crippen molar-refractivity contribution in [1.82, 2.24) is 4.57 Å². The summed E-state index contributed by atoms with van der Waals surface area (Å²) in [5, 5.41) is 15.4. The van der Waals surface area contributed by atoms with Gasteiger partial charge >= 0.3 is 0 Å². The molecule has 7 nitrogen and oxygen atoms in total. The molecule has 0 fully saturated rings. The maximum absolute atomic E-state index is 12.6. The first-order valence-electron chi connectivity index (χ1n) is 12.5. The quantitative estimate of drug-likeness (QED) is 0.221. The predicted molar refractivity (Wildman–Crippen MR) is 152 cm³/mol. The molecule has 0 aliphatic carbocycles. The van der Waals surface area contributed by atoms with Crippen molar-refractivity contribution in [2.45, 2.75) is 30.4 Å². The van der Waals surface area contributed by atoms with Gasteiger partial charge in [0.25, 0.3) is 16.0 Å². The number of carbonyl (C=O) groups excluding carboxylic acids is 1. The maximum Gasteiger partial charge on any atom is 0.294 e. The Morgan fingerprint density at radius 1 is 0.897 bits per heavy atom. The zero-order chi connectivity index (χ0) is 27.6. The number of carbonyl (C=O) groups is 1. The molecule has 1 aromatic heterocycles. The highest BCUT2D eigenvalue weighted by atomic mass is 32.2. The van der Waals surface area contributed by atoms with E-state index in [2.05, 4.69) is 5.32 Å². The van der Waals surface area contributed by atoms with E-state index in [9.17, 15) is 22.9 Å². The van der Waals surface area contributed by atoms with Gasteiger partial charge in [-0.2, -0.15) is 8.42 Å². The molecular formula is C31H28N2O5S. The van der Waals surface area contributed by atoms with Gasteiger partial charge in [-0.3, -0.25) is 9.35 Å². The van der Waals surface area contributed by atoms with Crippen LogP contribution in [0.5, 0.6) is 0 Å². The summed E-state index contributed by atoms with van der Waals surface area (Å²) >= 11 is 0. The Morgan fingerprint density at radius 3 is 2.28 bits per heavy atom. The van der Waals surface area contributed by atoms with E-state index >= 15 is 0 Å². The first-order chi connectivity index (χ1) is 18.7. The molecule has 5 rings (SSSR count). The second-order valence-corrected chi connectivity index (χ2v) is 10.9. The van der Waals surface area contributed by atoms with Crippen LogP contribution >= 0.6 is 0 Å². The van der Waals surface area contributed by atoms with Crippen LogP contribution in [0.3, 0.4) is 0 Å². The molecule has 0 saturated heterocycles. The SMILES string of the molecule is Cc1ccc(S(=O)(=O)O)cc1C[C@H](O)[C@H](c1ccccc1)n1ccc2cc(NC(=O)c3ccccc3)ccc21. The van der Waals surface area contributed by atoms with E-state index in [1.54, 1.807) is 18.2 Å². The molecular weight excluding hydrogens is 512 g/mol. The third-order valence-corrected chi connectivity index (χ3v) is 7.72. The summed E-state index contributed by atoms with van der Waals surface area (Å²) < 4.78 is 34.9. The summed E-state index contributed by atoms with van der Waals surface area (Å²) in [6, 6.07) is 30.0. The topological polar surface area (TPSA) is 109 Å². The van der Waals surface area contributed by atoms with Crippen LogP contribution in [0.2, 0.25) is 0 Å². The number of nitrogens with one attached hydrogen (secondary N) is 1. The Kier molecular flexibility index (Phi) is 7.34. The number of rotatable bonds is 8. The molecule has 0 aliphatic rings. The van der Waals surface area contributed by atoms with Crippen molar-refractivity contribution in [2.24, 2.45) is 0 Å². The first-order valence-corrected chi connectivity index (χ1v) is 13.9. The van der Waals surface area contributed by atoms with E-state index in [0.29, 0.717) is 16.8 Å². The van der Waals surface area contributed by atoms with Gasteiger partial charge in [0, 0.05) is 34.8 Å². The molecule has 8 heteroatoms. The van der Waals surface area contributed by atoms with Crippen LogP contribution in [0.4, 0.5) is 5.69 Å². The third-order valence-electron chi connectivity index (χ3n) is 6.87. The molecule has 4 aromatic carbocycles. The van der Waals surface area contributed by atoms with E-state index < -0.39 is 22.3 Å². The second-order valence-electron chi connectivity index (χ2n) is 9.51. The number of fused-ring (bicyclic) bond motifs is 1. The zero-order valence-corrected chi connectivity index (χ0v) is 22.0. The van der Waals surface area contributed by atoms with Crippen LogP contribution in [0, 0.1) is 6.92 Å². The van der Waals surface area contributed by atoms with E-state index in [-0.39, 0.29) is 17.2 Å². The van der Waals surface area contributed by atoms with Gasteiger partial charge < -0.3 is 15.0 Å². The number of hydrogen-bond donors (Lipinski definition) is 3. The van der Waals surface area contributed by atoms with Crippen molar-refractivity contribution >= 4 is 32.6 Å². The van der Waals surface area contributed by atoms with Gasteiger partial charge in [-0.05, 0) is 72.1 Å². The average Bonchev–Trinajstić information content (AvgIpc) is 3.33. The predicted octanol–water partition coefficient (Wildman–Crippen LogP) is 5.64. The fourth-order valence-corrected chi connectivity index (χ4v) is 5.39. The molecule has 0 spiro atoms. The lowest BCUT2D eigenvalue weighted by Gasteiger charge is -2.27. The highest BCUT2D eigenvalue weighted by Gasteiger charge is 2.26. The number of anilines is 1. The van der Waals surface area contributed by atoms with Crippen LogP contribution in [-0.2, 0) is 16.5 Å². The van der Waals surface area contributed by atoms with Gasteiger partial charge in [-0.15, -0.1) is 0 Å². The van der Waals surface area contributed by atoms with E-state index in [0.717, 1.165) is 22.0 Å². The van der Waals surface area contributed by atoms with Gasteiger partial charge in [0.1, 0.15) is 0 Å². The molecule has 3 N–H and O–H groups in total. The van der Waals surface area contributed by atoms with Crippen molar-refractivity contribution in [2.75, 3.05) is 5.32 Å². The van der Waals surface area contributed by atoms with Gasteiger partial charge in [0.2, 0.25) is 0 Å². The molecule has 0 unspecified atom stereocenters. The summed E-state index contributed by atoms with van der Waals surface area (Å²) in [5.41, 5.74) is 4.40. The number of amides is 1. The van der Waals surface area contributed by atoms with Crippen LogP contribution in [0.15, 0.2) is 114 Å². The minimum absolute atomic E-state index is 0.166. The molecule has 5 aromatic rings. The van der Waals surface area contributed by atoms with Crippen molar-refractivity contribution in [3.05, 3.63) is 132 Å². The van der Waals surface area contributed by atoms with Crippen LogP contribution in [-0.4, -0.2) is 34.7 Å². The van der Waals surface area contributed by atoms with E-state index in [1.807, 2.05) is 90.5 Å². The highest BCUT2D eigenvalue weighted by molar-refractivity contribution is 7.85. The number of hydrogen-bond acceptors (Lipinski definition) is 4. The second kappa shape index (κ2) is 10.9. The molecule has 2 atom stereocenters. The molecule has 198 valence electrons. The van der Waals surface area contributed by atoms with Crippen LogP contribution in [0.25, 0.3) is 10.9 Å². The Balaban J connectivity index is 1.49. The number of aliphatic hydroxyl groups excluding tert-OH is 1. The highest BCUT2D eigenvalue weighted by Crippen LogP contribution is 2.31. The monoisotopic (exact) mass is 540 g/mol. The summed E-state index contributed by atoms with van der Waals surface area (Å²) in [7, 11) is -4.37. The molecule has 0 aliphatic heterocycles. The molecule has 1 heterocycles. The van der Waals surface area contributed by atoms with Crippen LogP contribution < -0.4 is 5.32 Å². The lowest BCUT2D eigenvalue weighted by Crippen LogP contribution is -2.27. The molecule has 0 radical (unpaired) electrons. The zero-order valence-electron chi connectivity index (χ0n) is 21.2. The van der Waals surface area contributed by atoms with Crippen LogP contribution in [0.1, 0.15) is 33.1 Å². The molecule has 39 heavy (non-hydrogen) atoms. The lowest BCUT2D eigenvalue weighted by molar-refractivity contribution is 0.102. The standard InChI is InChI=1S/C31H28N2O5S/c1-21-12-14-27(39(36,37)38)19-25(21)20-29(34)30(22-8-4-2-5-9-22)33-17-16-24-18-26(13-15-28(24)33)32-31(35)23-10-6-3-7-11-23/h2-19,29-30,34H,20H2,1H3,(H,32,35)(H,36,37,38)/t29-,30-/m0/s1. The first kappa shape index (κ1) is 26.4. The lowest BCUT2D eigenvalue weighted by atomic mass is 9.94. The van der Waals surface area contributed by atoms with Gasteiger partial charge in [-0.1, -0.05) is 54.6 Å². The van der Waals surface area contributed by atoms with E-state index in [1.165, 1.54) is 12.1 Å². The van der Waals surface area contributed by atoms with Crippen molar-refractivity contribution in [1.29, 1.82) is 0 Å². The fraction of sp³-hybridized carbons (Fsp3) is 0.129. The Bertz CT molecular complexity index is 1730. The Hall–Kier alpha value is -4.24. The van der Waals surface area contributed by atoms with Crippen molar-refractivity contribution < 1.29 is 22.9 Å². The van der Waals surface area contributed by atoms with Crippen molar-refractivity contribution in [3.8, 4) is 0 Å². The summed E-state index contributed by atoms with van der Waals surface area (Å²) in [5.74, 6) is -0.200. The summed E-state index contributed by atoms with van der Waals surface area (Å²) in [6.45, 7) is 1.84. The van der Waals surface area contributed by atoms with Gasteiger partial charge in [0.15, 0.2) is 0 Å².